The van der Waals surface area contributed by atoms with Gasteiger partial charge in [-0.3, -0.25) is 14.4 Å². The summed E-state index contributed by atoms with van der Waals surface area (Å²) in [5, 5.41) is 23.2. The number of aliphatic carboxylic acids is 3. The Labute approximate surface area is 121 Å². The zero-order chi connectivity index (χ0) is 15.6. The van der Waals surface area contributed by atoms with Crippen LogP contribution in [-0.2, 0) is 14.4 Å². The molecule has 0 fully saturated rings. The third kappa shape index (κ3) is 113. The van der Waals surface area contributed by atoms with Crippen LogP contribution in [0.15, 0.2) is 0 Å². The van der Waals surface area contributed by atoms with Gasteiger partial charge in [0.2, 0.25) is 0 Å². The Morgan fingerprint density at radius 3 is 0.778 bits per heavy atom. The van der Waals surface area contributed by atoms with Crippen LogP contribution in [0.25, 0.3) is 0 Å². The molecule has 0 rings (SSSR count). The van der Waals surface area contributed by atoms with Crippen LogP contribution >= 0.6 is 0 Å². The fourth-order valence-corrected chi connectivity index (χ4v) is 0. The quantitative estimate of drug-likeness (QED) is 0.652. The molecule has 0 aromatic carbocycles. The summed E-state index contributed by atoms with van der Waals surface area (Å²) in [6.07, 6.45) is 0.667. The summed E-state index contributed by atoms with van der Waals surface area (Å²) in [6, 6.07) is 0. The van der Waals surface area contributed by atoms with Crippen LogP contribution in [0.2, 0.25) is 4.44 Å². The topological polar surface area (TPSA) is 112 Å². The van der Waals surface area contributed by atoms with Gasteiger partial charge in [0, 0.05) is 19.3 Å². The van der Waals surface area contributed by atoms with E-state index in [1.54, 1.807) is 20.8 Å². The molecule has 0 amide bonds. The standard InChI is InChI=1S/3C3H6O2.C2H5.Sn.H/c3*1-2-3(4)5;1-2;;/h3*2H2,1H3,(H,4,5);1H2,2H3;;. The summed E-state index contributed by atoms with van der Waals surface area (Å²) < 4.78 is 1.38. The predicted octanol–water partition coefficient (Wildman–Crippen LogP) is 1.77. The fraction of sp³-hybridized carbons (Fsp3) is 0.727. The molecule has 108 valence electrons. The maximum atomic E-state index is 9.37. The zero-order valence-electron chi connectivity index (χ0n) is 11.5. The summed E-state index contributed by atoms with van der Waals surface area (Å²) in [7, 11) is 0. The average Bonchev–Trinajstić information content (AvgIpc) is 2.31. The molecule has 7 heteroatoms. The summed E-state index contributed by atoms with van der Waals surface area (Å²) in [5.41, 5.74) is 0. The zero-order valence-corrected chi connectivity index (χ0v) is 14.8. The Kier molecular flexibility index (Phi) is 36.2. The van der Waals surface area contributed by atoms with Gasteiger partial charge in [0.25, 0.3) is 0 Å². The molecule has 0 bridgehead atoms. The van der Waals surface area contributed by atoms with E-state index in [0.717, 1.165) is 0 Å². The van der Waals surface area contributed by atoms with E-state index in [-0.39, 0.29) is 19.3 Å². The number of carbonyl (C=O) groups is 3. The van der Waals surface area contributed by atoms with E-state index >= 15 is 0 Å². The molecule has 0 heterocycles. The van der Waals surface area contributed by atoms with Crippen LogP contribution in [0.5, 0.6) is 0 Å². The number of rotatable bonds is 3. The fourth-order valence-electron chi connectivity index (χ4n) is 0. The van der Waals surface area contributed by atoms with Crippen LogP contribution in [-0.4, -0.2) is 55.8 Å². The van der Waals surface area contributed by atoms with Crippen molar-refractivity contribution in [2.24, 2.45) is 0 Å². The molecule has 0 aliphatic rings. The Morgan fingerprint density at radius 2 is 0.778 bits per heavy atom. The molecule has 18 heavy (non-hydrogen) atoms. The van der Waals surface area contributed by atoms with Gasteiger partial charge in [0.1, 0.15) is 0 Å². The molecule has 6 nitrogen and oxygen atoms in total. The van der Waals surface area contributed by atoms with Gasteiger partial charge < -0.3 is 15.3 Å². The van der Waals surface area contributed by atoms with E-state index < -0.39 is 17.9 Å². The second kappa shape index (κ2) is 25.2. The van der Waals surface area contributed by atoms with Crippen molar-refractivity contribution in [1.82, 2.24) is 0 Å². The Hall–Kier alpha value is -0.791. The van der Waals surface area contributed by atoms with Crippen molar-refractivity contribution in [3.63, 3.8) is 0 Å². The van der Waals surface area contributed by atoms with E-state index in [0.29, 0.717) is 0 Å². The van der Waals surface area contributed by atoms with Gasteiger partial charge in [0.15, 0.2) is 0 Å². The van der Waals surface area contributed by atoms with Crippen molar-refractivity contribution in [1.29, 1.82) is 0 Å². The predicted molar refractivity (Wildman–Crippen MR) is 71.4 cm³/mol. The molecule has 0 atom stereocenters. The monoisotopic (exact) mass is 372 g/mol. The van der Waals surface area contributed by atoms with E-state index in [9.17, 15) is 14.4 Å². The Balaban J connectivity index is -0.0000000739. The third-order valence-electron chi connectivity index (χ3n) is 0.907. The van der Waals surface area contributed by atoms with Gasteiger partial charge in [-0.05, 0) is 0 Å². The van der Waals surface area contributed by atoms with Gasteiger partial charge in [-0.2, -0.15) is 0 Å². The van der Waals surface area contributed by atoms with Crippen LogP contribution in [0, 0.1) is 0 Å². The number of hydrogen-bond acceptors (Lipinski definition) is 3. The van der Waals surface area contributed by atoms with E-state index in [1.807, 2.05) is 0 Å². The van der Waals surface area contributed by atoms with Crippen LogP contribution < -0.4 is 0 Å². The first-order valence-corrected chi connectivity index (χ1v) is 7.91. The summed E-state index contributed by atoms with van der Waals surface area (Å²) in [6.45, 7) is 6.98. The first kappa shape index (κ1) is 25.9. The Bertz CT molecular complexity index is 172. The van der Waals surface area contributed by atoms with Crippen molar-refractivity contribution >= 4 is 40.4 Å². The molecule has 0 saturated carbocycles. The summed E-state index contributed by atoms with van der Waals surface area (Å²) in [4.78, 5) is 28.1. The number of carboxylic acid groups (broad SMARTS) is 3. The maximum absolute atomic E-state index is 9.37. The van der Waals surface area contributed by atoms with Crippen molar-refractivity contribution < 1.29 is 29.7 Å². The van der Waals surface area contributed by atoms with Crippen molar-refractivity contribution in [2.45, 2.75) is 51.4 Å². The SMILES string of the molecule is CCC(=O)O.CCC(=O)O.CCC(=O)O.C[CH2][SnH]. The molecule has 0 unspecified atom stereocenters. The van der Waals surface area contributed by atoms with E-state index in [2.05, 4.69) is 6.92 Å². The van der Waals surface area contributed by atoms with Gasteiger partial charge >= 0.3 is 51.8 Å². The van der Waals surface area contributed by atoms with Crippen molar-refractivity contribution in [2.75, 3.05) is 0 Å². The third-order valence-corrected chi connectivity index (χ3v) is 0.907. The van der Waals surface area contributed by atoms with Crippen molar-refractivity contribution in [3.8, 4) is 0 Å². The minimum atomic E-state index is -0.745. The minimum absolute atomic E-state index is 0.222. The van der Waals surface area contributed by atoms with Crippen molar-refractivity contribution in [3.05, 3.63) is 0 Å². The second-order valence-electron chi connectivity index (χ2n) is 2.65. The molecule has 0 aliphatic carbocycles. The molecule has 0 aromatic rings. The molecule has 0 saturated heterocycles. The van der Waals surface area contributed by atoms with Crippen LogP contribution in [0.3, 0.4) is 0 Å². The van der Waals surface area contributed by atoms with Gasteiger partial charge in [0.05, 0.1) is 0 Å². The van der Waals surface area contributed by atoms with Gasteiger partial charge in [-0.1, -0.05) is 20.8 Å². The summed E-state index contributed by atoms with van der Waals surface area (Å²) >= 11 is 1.42. The van der Waals surface area contributed by atoms with Crippen LogP contribution in [0.4, 0.5) is 0 Å². The molecule has 0 aliphatic heterocycles. The average molecular weight is 371 g/mol. The first-order valence-electron chi connectivity index (χ1n) is 5.58. The summed E-state index contributed by atoms with van der Waals surface area (Å²) in [5.74, 6) is -2.24. The molecular formula is C11H24O6Sn. The van der Waals surface area contributed by atoms with Crippen LogP contribution in [0.1, 0.15) is 47.0 Å². The Morgan fingerprint density at radius 1 is 0.722 bits per heavy atom. The normalized spacial score (nSPS) is 7.17. The molecular weight excluding hydrogens is 347 g/mol. The first-order chi connectivity index (χ1) is 8.22. The van der Waals surface area contributed by atoms with E-state index in [4.69, 9.17) is 15.3 Å². The molecule has 3 N–H and O–H groups in total. The molecule has 0 spiro atoms. The second-order valence-corrected chi connectivity index (χ2v) is 4.98. The van der Waals surface area contributed by atoms with E-state index in [1.165, 1.54) is 27.0 Å². The van der Waals surface area contributed by atoms with Gasteiger partial charge in [-0.25, -0.2) is 0 Å². The number of hydrogen-bond donors (Lipinski definition) is 3. The molecule has 0 aromatic heterocycles. The molecule has 2 radical (unpaired) electrons. The van der Waals surface area contributed by atoms with Gasteiger partial charge in [-0.15, -0.1) is 0 Å². The number of carboxylic acids is 3.